The lowest BCUT2D eigenvalue weighted by Gasteiger charge is -2.19. The second-order valence-electron chi connectivity index (χ2n) is 8.79. The molecule has 0 fully saturated rings. The second kappa shape index (κ2) is 10.9. The van der Waals surface area contributed by atoms with E-state index in [1.54, 1.807) is 6.92 Å². The number of carbonyl (C=O) groups is 2. The van der Waals surface area contributed by atoms with Crippen LogP contribution in [0.3, 0.4) is 0 Å². The van der Waals surface area contributed by atoms with Crippen LogP contribution in [0.1, 0.15) is 47.8 Å². The first-order chi connectivity index (χ1) is 15.3. The Morgan fingerprint density at radius 3 is 2.30 bits per heavy atom. The van der Waals surface area contributed by atoms with Gasteiger partial charge in [-0.2, -0.15) is 0 Å². The Balaban J connectivity index is 1.87. The molecule has 9 heteroatoms. The van der Waals surface area contributed by atoms with E-state index >= 15 is 0 Å². The normalized spacial score (nSPS) is 12.8. The van der Waals surface area contributed by atoms with Crippen molar-refractivity contribution in [3.63, 3.8) is 0 Å². The topological polar surface area (TPSA) is 125 Å². The lowest BCUT2D eigenvalue weighted by atomic mass is 9.86. The minimum absolute atomic E-state index is 0.0341. The first kappa shape index (κ1) is 26.5. The van der Waals surface area contributed by atoms with E-state index in [4.69, 9.17) is 10.5 Å². The van der Waals surface area contributed by atoms with E-state index in [-0.39, 0.29) is 29.0 Å². The largest absolute Gasteiger partial charge is 0.465 e. The summed E-state index contributed by atoms with van der Waals surface area (Å²) in [6, 6.07) is 11.2. The van der Waals surface area contributed by atoms with Gasteiger partial charge in [0.25, 0.3) is 0 Å². The summed E-state index contributed by atoms with van der Waals surface area (Å²) in [5, 5.41) is 0. The molecule has 0 aliphatic carbocycles. The predicted octanol–water partition coefficient (Wildman–Crippen LogP) is 2.47. The number of methoxy groups -OCH3 is 1. The maximum atomic E-state index is 12.5. The Bertz CT molecular complexity index is 1090. The zero-order chi connectivity index (χ0) is 24.8. The quantitative estimate of drug-likeness (QED) is 0.421. The van der Waals surface area contributed by atoms with Gasteiger partial charge >= 0.3 is 11.9 Å². The van der Waals surface area contributed by atoms with Gasteiger partial charge in [-0.1, -0.05) is 51.1 Å². The van der Waals surface area contributed by atoms with Gasteiger partial charge in [0, 0.05) is 6.54 Å². The summed E-state index contributed by atoms with van der Waals surface area (Å²) in [7, 11) is -2.68. The van der Waals surface area contributed by atoms with Crippen LogP contribution in [0, 0.1) is 6.92 Å². The third kappa shape index (κ3) is 7.38. The number of aryl methyl sites for hydroxylation is 1. The predicted molar refractivity (Wildman–Crippen MR) is 125 cm³/mol. The molecule has 0 amide bonds. The van der Waals surface area contributed by atoms with Gasteiger partial charge in [0.15, 0.2) is 0 Å². The lowest BCUT2D eigenvalue weighted by Crippen LogP contribution is -2.36. The molecule has 33 heavy (non-hydrogen) atoms. The van der Waals surface area contributed by atoms with Gasteiger partial charge in [-0.15, -0.1) is 0 Å². The van der Waals surface area contributed by atoms with E-state index < -0.39 is 28.0 Å². The van der Waals surface area contributed by atoms with Crippen molar-refractivity contribution in [1.29, 1.82) is 0 Å². The molecule has 1 atom stereocenters. The number of esters is 2. The van der Waals surface area contributed by atoms with Gasteiger partial charge in [0.1, 0.15) is 12.6 Å². The van der Waals surface area contributed by atoms with E-state index in [1.165, 1.54) is 30.9 Å². The van der Waals surface area contributed by atoms with Crippen LogP contribution in [-0.2, 0) is 36.1 Å². The molecule has 0 saturated carbocycles. The summed E-state index contributed by atoms with van der Waals surface area (Å²) in [4.78, 5) is 23.9. The summed E-state index contributed by atoms with van der Waals surface area (Å²) in [6.45, 7) is 7.73. The van der Waals surface area contributed by atoms with E-state index in [1.807, 2.05) is 24.3 Å². The molecule has 0 heterocycles. The Hall–Kier alpha value is -2.75. The highest BCUT2D eigenvalue weighted by atomic mass is 32.2. The van der Waals surface area contributed by atoms with Crippen molar-refractivity contribution in [2.24, 2.45) is 5.73 Å². The van der Waals surface area contributed by atoms with Crippen LogP contribution in [0.25, 0.3) is 0 Å². The number of ether oxygens (including phenoxy) is 2. The lowest BCUT2D eigenvalue weighted by molar-refractivity contribution is -0.144. The van der Waals surface area contributed by atoms with Crippen molar-refractivity contribution in [2.75, 3.05) is 20.3 Å². The smallest absolute Gasteiger partial charge is 0.338 e. The summed E-state index contributed by atoms with van der Waals surface area (Å²) in [5.74, 6) is -1.24. The number of hydrogen-bond donors (Lipinski definition) is 2. The van der Waals surface area contributed by atoms with Crippen LogP contribution in [0.4, 0.5) is 0 Å². The van der Waals surface area contributed by atoms with Crippen LogP contribution >= 0.6 is 0 Å². The highest BCUT2D eigenvalue weighted by Crippen LogP contribution is 2.22. The van der Waals surface area contributed by atoms with Crippen molar-refractivity contribution in [2.45, 2.75) is 50.5 Å². The number of nitrogens with one attached hydrogen (secondary N) is 1. The molecule has 180 valence electrons. The van der Waals surface area contributed by atoms with Gasteiger partial charge < -0.3 is 15.2 Å². The maximum Gasteiger partial charge on any atom is 0.338 e. The molecule has 8 nitrogen and oxygen atoms in total. The zero-order valence-electron chi connectivity index (χ0n) is 19.7. The fourth-order valence-electron chi connectivity index (χ4n) is 3.09. The second-order valence-corrected chi connectivity index (χ2v) is 10.6. The highest BCUT2D eigenvalue weighted by molar-refractivity contribution is 7.89. The minimum Gasteiger partial charge on any atom is -0.465 e. The summed E-state index contributed by atoms with van der Waals surface area (Å²) < 4.78 is 37.1. The van der Waals surface area contributed by atoms with Crippen LogP contribution in [0.15, 0.2) is 47.4 Å². The fourth-order valence-corrected chi connectivity index (χ4v) is 4.13. The Kier molecular flexibility index (Phi) is 8.76. The Morgan fingerprint density at radius 2 is 1.73 bits per heavy atom. The molecule has 2 rings (SSSR count). The standard InChI is InChI=1S/C24H32N2O6S/c1-16-6-11-19(15-20(16)22(27)31-5)33(29,30)26-12-13-32-23(28)21(25)14-17-7-9-18(10-8-17)24(2,3)4/h6-11,15,21,26H,12-14,25H2,1-5H3/t21-/m0/s1. The molecular weight excluding hydrogens is 444 g/mol. The van der Waals surface area contributed by atoms with Crippen LogP contribution in [-0.4, -0.2) is 46.7 Å². The van der Waals surface area contributed by atoms with Crippen LogP contribution in [0.2, 0.25) is 0 Å². The van der Waals surface area contributed by atoms with Crippen molar-refractivity contribution >= 4 is 22.0 Å². The van der Waals surface area contributed by atoms with Gasteiger partial charge in [0.05, 0.1) is 17.6 Å². The molecule has 2 aromatic carbocycles. The first-order valence-corrected chi connectivity index (χ1v) is 12.0. The van der Waals surface area contributed by atoms with Gasteiger partial charge in [0.2, 0.25) is 10.0 Å². The third-order valence-electron chi connectivity index (χ3n) is 5.14. The fraction of sp³-hybridized carbons (Fsp3) is 0.417. The highest BCUT2D eigenvalue weighted by Gasteiger charge is 2.20. The molecule has 0 spiro atoms. The van der Waals surface area contributed by atoms with Gasteiger partial charge in [-0.3, -0.25) is 4.79 Å². The minimum atomic E-state index is -3.90. The zero-order valence-corrected chi connectivity index (χ0v) is 20.5. The van der Waals surface area contributed by atoms with Crippen molar-refractivity contribution in [3.05, 3.63) is 64.7 Å². The molecule has 3 N–H and O–H groups in total. The molecule has 0 bridgehead atoms. The number of benzene rings is 2. The van der Waals surface area contributed by atoms with E-state index in [0.717, 1.165) is 5.56 Å². The molecule has 0 aliphatic rings. The summed E-state index contributed by atoms with van der Waals surface area (Å²) in [5.41, 5.74) is 8.83. The number of sulfonamides is 1. The van der Waals surface area contributed by atoms with Crippen LogP contribution < -0.4 is 10.5 Å². The van der Waals surface area contributed by atoms with Gasteiger partial charge in [-0.05, 0) is 47.6 Å². The van der Waals surface area contributed by atoms with E-state index in [0.29, 0.717) is 12.0 Å². The molecule has 0 unspecified atom stereocenters. The van der Waals surface area contributed by atoms with Crippen molar-refractivity contribution in [1.82, 2.24) is 4.72 Å². The molecule has 0 aromatic heterocycles. The number of rotatable bonds is 9. The van der Waals surface area contributed by atoms with E-state index in [9.17, 15) is 18.0 Å². The van der Waals surface area contributed by atoms with Crippen LogP contribution in [0.5, 0.6) is 0 Å². The molecule has 2 aromatic rings. The third-order valence-corrected chi connectivity index (χ3v) is 6.60. The molecular formula is C24H32N2O6S. The Labute approximate surface area is 195 Å². The van der Waals surface area contributed by atoms with Crippen molar-refractivity contribution < 1.29 is 27.5 Å². The summed E-state index contributed by atoms with van der Waals surface area (Å²) in [6.07, 6.45) is 0.314. The van der Waals surface area contributed by atoms with Gasteiger partial charge in [-0.25, -0.2) is 17.9 Å². The number of carbonyl (C=O) groups excluding carboxylic acids is 2. The maximum absolute atomic E-state index is 12.5. The molecule has 0 radical (unpaired) electrons. The summed E-state index contributed by atoms with van der Waals surface area (Å²) >= 11 is 0. The number of hydrogen-bond acceptors (Lipinski definition) is 7. The van der Waals surface area contributed by atoms with E-state index in [2.05, 4.69) is 30.2 Å². The monoisotopic (exact) mass is 476 g/mol. The number of nitrogens with two attached hydrogens (primary N) is 1. The average Bonchev–Trinajstić information content (AvgIpc) is 2.75. The Morgan fingerprint density at radius 1 is 1.09 bits per heavy atom. The first-order valence-electron chi connectivity index (χ1n) is 10.6. The SMILES string of the molecule is COC(=O)c1cc(S(=O)(=O)NCCOC(=O)[C@@H](N)Cc2ccc(C(C)(C)C)cc2)ccc1C. The molecule has 0 aliphatic heterocycles. The van der Waals surface area contributed by atoms with Crippen molar-refractivity contribution in [3.8, 4) is 0 Å². The average molecular weight is 477 g/mol. The molecule has 0 saturated heterocycles.